The second-order valence-corrected chi connectivity index (χ2v) is 7.52. The average molecular weight is 396 g/mol. The van der Waals surface area contributed by atoms with Gasteiger partial charge in [-0.25, -0.2) is 0 Å². The van der Waals surface area contributed by atoms with Gasteiger partial charge >= 0.3 is 11.8 Å². The highest BCUT2D eigenvalue weighted by atomic mass is 16.5. The molecule has 0 aliphatic carbocycles. The Hall–Kier alpha value is -3.02. The van der Waals surface area contributed by atoms with Crippen LogP contribution in [-0.2, 0) is 16.0 Å². The number of nitrogens with zero attached hydrogens (tertiary/aromatic N) is 1. The number of piperidine rings is 1. The Morgan fingerprint density at radius 1 is 1.00 bits per heavy atom. The summed E-state index contributed by atoms with van der Waals surface area (Å²) in [6.45, 7) is 4.80. The summed E-state index contributed by atoms with van der Waals surface area (Å²) in [7, 11) is 1.62. The zero-order valence-electron chi connectivity index (χ0n) is 17.1. The Kier molecular flexibility index (Phi) is 7.11. The SMILES string of the molecule is COc1ccc(CCNC(=O)C(=O)Nc2ccc(N3CCC(C)CC3)cc2)cc1. The fraction of sp³-hybridized carbons (Fsp3) is 0.391. The van der Waals surface area contributed by atoms with E-state index >= 15 is 0 Å². The number of carbonyl (C=O) groups is 2. The van der Waals surface area contributed by atoms with Crippen molar-refractivity contribution in [1.29, 1.82) is 0 Å². The summed E-state index contributed by atoms with van der Waals surface area (Å²) in [5.41, 5.74) is 2.84. The van der Waals surface area contributed by atoms with Crippen molar-refractivity contribution in [2.24, 2.45) is 5.92 Å². The third-order valence-electron chi connectivity index (χ3n) is 5.34. The average Bonchev–Trinajstić information content (AvgIpc) is 2.75. The summed E-state index contributed by atoms with van der Waals surface area (Å²) in [5, 5.41) is 5.31. The van der Waals surface area contributed by atoms with Crippen LogP contribution in [0.25, 0.3) is 0 Å². The largest absolute Gasteiger partial charge is 0.497 e. The molecule has 1 saturated heterocycles. The summed E-state index contributed by atoms with van der Waals surface area (Å²) in [6, 6.07) is 15.3. The molecular formula is C23H29N3O3. The summed E-state index contributed by atoms with van der Waals surface area (Å²) in [5.74, 6) is 0.290. The number of anilines is 2. The monoisotopic (exact) mass is 395 g/mol. The lowest BCUT2D eigenvalue weighted by Crippen LogP contribution is -2.36. The van der Waals surface area contributed by atoms with Crippen molar-refractivity contribution in [2.75, 3.05) is 37.0 Å². The summed E-state index contributed by atoms with van der Waals surface area (Å²) >= 11 is 0. The minimum atomic E-state index is -0.653. The third kappa shape index (κ3) is 5.98. The third-order valence-corrected chi connectivity index (χ3v) is 5.34. The predicted molar refractivity (Wildman–Crippen MR) is 115 cm³/mol. The van der Waals surface area contributed by atoms with Crippen LogP contribution in [0.15, 0.2) is 48.5 Å². The van der Waals surface area contributed by atoms with E-state index < -0.39 is 11.8 Å². The predicted octanol–water partition coefficient (Wildman–Crippen LogP) is 3.23. The van der Waals surface area contributed by atoms with Crippen LogP contribution >= 0.6 is 0 Å². The fourth-order valence-electron chi connectivity index (χ4n) is 3.40. The maximum Gasteiger partial charge on any atom is 0.313 e. The fourth-order valence-corrected chi connectivity index (χ4v) is 3.40. The number of benzene rings is 2. The number of hydrogen-bond donors (Lipinski definition) is 2. The first kappa shape index (κ1) is 20.7. The van der Waals surface area contributed by atoms with Crippen LogP contribution in [0.3, 0.4) is 0 Å². The van der Waals surface area contributed by atoms with Crippen molar-refractivity contribution >= 4 is 23.2 Å². The number of amides is 2. The van der Waals surface area contributed by atoms with Gasteiger partial charge in [-0.05, 0) is 67.1 Å². The van der Waals surface area contributed by atoms with Gasteiger partial charge < -0.3 is 20.3 Å². The summed E-state index contributed by atoms with van der Waals surface area (Å²) in [4.78, 5) is 26.5. The zero-order chi connectivity index (χ0) is 20.6. The van der Waals surface area contributed by atoms with E-state index in [1.54, 1.807) is 7.11 Å². The molecule has 0 saturated carbocycles. The minimum absolute atomic E-state index is 0.394. The molecule has 1 heterocycles. The van der Waals surface area contributed by atoms with E-state index in [2.05, 4.69) is 22.5 Å². The molecule has 2 aromatic carbocycles. The van der Waals surface area contributed by atoms with Crippen LogP contribution in [0.2, 0.25) is 0 Å². The van der Waals surface area contributed by atoms with Gasteiger partial charge in [0.05, 0.1) is 7.11 Å². The van der Waals surface area contributed by atoms with E-state index in [0.29, 0.717) is 18.7 Å². The van der Waals surface area contributed by atoms with Gasteiger partial charge in [0.15, 0.2) is 0 Å². The summed E-state index contributed by atoms with van der Waals surface area (Å²) in [6.07, 6.45) is 3.05. The second-order valence-electron chi connectivity index (χ2n) is 7.52. The van der Waals surface area contributed by atoms with Crippen molar-refractivity contribution in [1.82, 2.24) is 5.32 Å². The summed E-state index contributed by atoms with van der Waals surface area (Å²) < 4.78 is 5.12. The molecule has 6 nitrogen and oxygen atoms in total. The molecule has 3 rings (SSSR count). The lowest BCUT2D eigenvalue weighted by Gasteiger charge is -2.32. The van der Waals surface area contributed by atoms with Crippen LogP contribution < -0.4 is 20.3 Å². The second kappa shape index (κ2) is 9.96. The number of nitrogens with one attached hydrogen (secondary N) is 2. The molecule has 29 heavy (non-hydrogen) atoms. The van der Waals surface area contributed by atoms with Gasteiger partial charge in [0.25, 0.3) is 0 Å². The van der Waals surface area contributed by atoms with Crippen LogP contribution in [0.4, 0.5) is 11.4 Å². The lowest BCUT2D eigenvalue weighted by molar-refractivity contribution is -0.136. The molecule has 0 spiro atoms. The van der Waals surface area contributed by atoms with E-state index in [9.17, 15) is 9.59 Å². The lowest BCUT2D eigenvalue weighted by atomic mass is 9.99. The highest BCUT2D eigenvalue weighted by Gasteiger charge is 2.17. The van der Waals surface area contributed by atoms with Crippen molar-refractivity contribution in [3.05, 3.63) is 54.1 Å². The molecule has 6 heteroatoms. The molecule has 0 radical (unpaired) electrons. The Labute approximate surface area is 172 Å². The Balaban J connectivity index is 1.43. The first-order chi connectivity index (χ1) is 14.0. The van der Waals surface area contributed by atoms with E-state index in [1.807, 2.05) is 48.5 Å². The molecule has 154 valence electrons. The number of methoxy groups -OCH3 is 1. The quantitative estimate of drug-likeness (QED) is 0.737. The van der Waals surface area contributed by atoms with Crippen molar-refractivity contribution in [3.8, 4) is 5.75 Å². The number of carbonyl (C=O) groups excluding carboxylic acids is 2. The molecule has 0 aromatic heterocycles. The van der Waals surface area contributed by atoms with Crippen molar-refractivity contribution in [3.63, 3.8) is 0 Å². The molecule has 0 bridgehead atoms. The van der Waals surface area contributed by atoms with Gasteiger partial charge in [0, 0.05) is 31.0 Å². The Morgan fingerprint density at radius 2 is 1.66 bits per heavy atom. The van der Waals surface area contributed by atoms with Crippen molar-refractivity contribution < 1.29 is 14.3 Å². The molecule has 0 atom stereocenters. The maximum absolute atomic E-state index is 12.1. The molecular weight excluding hydrogens is 366 g/mol. The number of ether oxygens (including phenoxy) is 1. The van der Waals surface area contributed by atoms with Gasteiger partial charge in [0.2, 0.25) is 0 Å². The van der Waals surface area contributed by atoms with Crippen LogP contribution in [0.1, 0.15) is 25.3 Å². The highest BCUT2D eigenvalue weighted by Crippen LogP contribution is 2.24. The van der Waals surface area contributed by atoms with Gasteiger partial charge in [0.1, 0.15) is 5.75 Å². The van der Waals surface area contributed by atoms with E-state index in [-0.39, 0.29) is 0 Å². The van der Waals surface area contributed by atoms with Crippen molar-refractivity contribution in [2.45, 2.75) is 26.2 Å². The van der Waals surface area contributed by atoms with E-state index in [4.69, 9.17) is 4.74 Å². The zero-order valence-corrected chi connectivity index (χ0v) is 17.1. The maximum atomic E-state index is 12.1. The molecule has 2 N–H and O–H groups in total. The highest BCUT2D eigenvalue weighted by molar-refractivity contribution is 6.39. The van der Waals surface area contributed by atoms with E-state index in [0.717, 1.165) is 36.0 Å². The van der Waals surface area contributed by atoms with E-state index in [1.165, 1.54) is 12.8 Å². The molecule has 2 amide bonds. The van der Waals surface area contributed by atoms with Gasteiger partial charge in [-0.15, -0.1) is 0 Å². The number of rotatable bonds is 6. The standard InChI is InChI=1S/C23H29N3O3/c1-17-12-15-26(16-13-17)20-7-5-19(6-8-20)25-23(28)22(27)24-14-11-18-3-9-21(29-2)10-4-18/h3-10,17H,11-16H2,1-2H3,(H,24,27)(H,25,28). The first-order valence-corrected chi connectivity index (χ1v) is 10.1. The smallest absolute Gasteiger partial charge is 0.313 e. The molecule has 1 aliphatic heterocycles. The van der Waals surface area contributed by atoms with Crippen LogP contribution in [0, 0.1) is 5.92 Å². The number of hydrogen-bond acceptors (Lipinski definition) is 4. The normalized spacial score (nSPS) is 14.3. The minimum Gasteiger partial charge on any atom is -0.497 e. The van der Waals surface area contributed by atoms with Gasteiger partial charge in [-0.1, -0.05) is 19.1 Å². The van der Waals surface area contributed by atoms with Gasteiger partial charge in [-0.3, -0.25) is 9.59 Å². The Morgan fingerprint density at radius 3 is 2.28 bits per heavy atom. The van der Waals surface area contributed by atoms with Gasteiger partial charge in [-0.2, -0.15) is 0 Å². The first-order valence-electron chi connectivity index (χ1n) is 10.1. The molecule has 1 aliphatic rings. The van der Waals surface area contributed by atoms with Crippen LogP contribution in [-0.4, -0.2) is 38.6 Å². The molecule has 0 unspecified atom stereocenters. The molecule has 2 aromatic rings. The topological polar surface area (TPSA) is 70.7 Å². The van der Waals surface area contributed by atoms with Crippen LogP contribution in [0.5, 0.6) is 5.75 Å². The molecule has 1 fully saturated rings. The Bertz CT molecular complexity index is 810.